The second-order valence-corrected chi connectivity index (χ2v) is 4.05. The predicted octanol–water partition coefficient (Wildman–Crippen LogP) is 1.43. The van der Waals surface area contributed by atoms with E-state index in [1.165, 1.54) is 0 Å². The van der Waals surface area contributed by atoms with Crippen molar-refractivity contribution in [1.29, 1.82) is 0 Å². The van der Waals surface area contributed by atoms with Gasteiger partial charge in [-0.25, -0.2) is 9.59 Å². The normalized spacial score (nSPS) is 9.57. The van der Waals surface area contributed by atoms with Gasteiger partial charge in [-0.2, -0.15) is 0 Å². The van der Waals surface area contributed by atoms with Crippen LogP contribution in [0.1, 0.15) is 17.2 Å². The summed E-state index contributed by atoms with van der Waals surface area (Å²) in [5.74, 6) is -1.74. The van der Waals surface area contributed by atoms with Crippen LogP contribution in [0.5, 0.6) is 0 Å². The molecule has 21 heavy (non-hydrogen) atoms. The number of carboxylic acids is 2. The van der Waals surface area contributed by atoms with Crippen LogP contribution in [-0.2, 0) is 22.7 Å². The van der Waals surface area contributed by atoms with Crippen LogP contribution < -0.4 is 5.32 Å². The number of pyridine rings is 1. The number of aliphatic carboxylic acids is 2. The van der Waals surface area contributed by atoms with Gasteiger partial charge in [-0.15, -0.1) is 0 Å². The molecule has 0 aromatic carbocycles. The SMILES string of the molecule is Cc1ccc(CNCc2ccccn2)o1.O=C(O)C(=O)O. The Bertz CT molecular complexity index is 568. The third kappa shape index (κ3) is 6.88. The molecule has 0 spiro atoms. The molecule has 0 amide bonds. The molecule has 0 fully saturated rings. The van der Waals surface area contributed by atoms with Gasteiger partial charge in [-0.05, 0) is 31.2 Å². The monoisotopic (exact) mass is 292 g/mol. The summed E-state index contributed by atoms with van der Waals surface area (Å²) in [5, 5.41) is 18.1. The van der Waals surface area contributed by atoms with E-state index in [1.54, 1.807) is 6.20 Å². The summed E-state index contributed by atoms with van der Waals surface area (Å²) < 4.78 is 5.44. The minimum absolute atomic E-state index is 0.740. The Morgan fingerprint density at radius 3 is 2.33 bits per heavy atom. The topological polar surface area (TPSA) is 113 Å². The Hall–Kier alpha value is -2.67. The number of rotatable bonds is 4. The summed E-state index contributed by atoms with van der Waals surface area (Å²) >= 11 is 0. The van der Waals surface area contributed by atoms with Crippen LogP contribution in [0.25, 0.3) is 0 Å². The summed E-state index contributed by atoms with van der Waals surface area (Å²) in [5.41, 5.74) is 1.04. The molecule has 112 valence electrons. The summed E-state index contributed by atoms with van der Waals surface area (Å²) in [4.78, 5) is 22.4. The minimum atomic E-state index is -1.82. The Morgan fingerprint density at radius 1 is 1.14 bits per heavy atom. The van der Waals surface area contributed by atoms with E-state index in [0.29, 0.717) is 0 Å². The summed E-state index contributed by atoms with van der Waals surface area (Å²) in [6.07, 6.45) is 1.80. The molecule has 0 unspecified atom stereocenters. The number of nitrogens with one attached hydrogen (secondary N) is 1. The molecule has 0 bridgehead atoms. The number of aromatic nitrogens is 1. The van der Waals surface area contributed by atoms with E-state index in [9.17, 15) is 0 Å². The third-order valence-corrected chi connectivity index (χ3v) is 2.31. The summed E-state index contributed by atoms with van der Waals surface area (Å²) in [6, 6.07) is 9.86. The fourth-order valence-corrected chi connectivity index (χ4v) is 1.40. The van der Waals surface area contributed by atoms with E-state index in [4.69, 9.17) is 24.2 Å². The maximum Gasteiger partial charge on any atom is 0.414 e. The quantitative estimate of drug-likeness (QED) is 0.730. The highest BCUT2D eigenvalue weighted by Gasteiger charge is 2.04. The van der Waals surface area contributed by atoms with E-state index < -0.39 is 11.9 Å². The van der Waals surface area contributed by atoms with Gasteiger partial charge in [0.25, 0.3) is 0 Å². The molecule has 2 aromatic rings. The second kappa shape index (κ2) is 8.49. The largest absolute Gasteiger partial charge is 0.473 e. The van der Waals surface area contributed by atoms with Crippen molar-refractivity contribution in [3.63, 3.8) is 0 Å². The van der Waals surface area contributed by atoms with Crippen LogP contribution in [0.2, 0.25) is 0 Å². The number of hydrogen-bond acceptors (Lipinski definition) is 5. The fraction of sp³-hybridized carbons (Fsp3) is 0.214. The highest BCUT2D eigenvalue weighted by molar-refractivity contribution is 6.27. The van der Waals surface area contributed by atoms with Gasteiger partial charge in [0.1, 0.15) is 11.5 Å². The third-order valence-electron chi connectivity index (χ3n) is 2.31. The zero-order valence-corrected chi connectivity index (χ0v) is 11.4. The fourth-order valence-electron chi connectivity index (χ4n) is 1.40. The highest BCUT2D eigenvalue weighted by Crippen LogP contribution is 2.05. The second-order valence-electron chi connectivity index (χ2n) is 4.05. The molecule has 3 N–H and O–H groups in total. The van der Waals surface area contributed by atoms with Gasteiger partial charge in [0.15, 0.2) is 0 Å². The molecule has 2 rings (SSSR count). The van der Waals surface area contributed by atoms with E-state index in [-0.39, 0.29) is 0 Å². The Morgan fingerprint density at radius 2 is 1.86 bits per heavy atom. The number of carboxylic acid groups (broad SMARTS) is 2. The maximum atomic E-state index is 9.10. The molecule has 0 saturated carbocycles. The van der Waals surface area contributed by atoms with Gasteiger partial charge in [-0.1, -0.05) is 6.07 Å². The van der Waals surface area contributed by atoms with Crippen LogP contribution in [0.15, 0.2) is 40.9 Å². The summed E-state index contributed by atoms with van der Waals surface area (Å²) in [7, 11) is 0. The zero-order chi connectivity index (χ0) is 15.7. The van der Waals surface area contributed by atoms with Crippen molar-refractivity contribution >= 4 is 11.9 Å². The zero-order valence-electron chi connectivity index (χ0n) is 11.4. The van der Waals surface area contributed by atoms with Gasteiger partial charge in [0.05, 0.1) is 12.2 Å². The molecule has 0 aliphatic heterocycles. The predicted molar refractivity (Wildman–Crippen MR) is 73.5 cm³/mol. The first-order valence-electron chi connectivity index (χ1n) is 6.11. The lowest BCUT2D eigenvalue weighted by Gasteiger charge is -2.01. The van der Waals surface area contributed by atoms with Crippen LogP contribution >= 0.6 is 0 Å². The van der Waals surface area contributed by atoms with Crippen molar-refractivity contribution < 1.29 is 24.2 Å². The molecule has 7 heteroatoms. The molecule has 0 radical (unpaired) electrons. The molecule has 2 heterocycles. The van der Waals surface area contributed by atoms with Gasteiger partial charge in [-0.3, -0.25) is 4.98 Å². The lowest BCUT2D eigenvalue weighted by Crippen LogP contribution is -2.12. The van der Waals surface area contributed by atoms with Crippen molar-refractivity contribution in [3.8, 4) is 0 Å². The van der Waals surface area contributed by atoms with E-state index in [1.807, 2.05) is 37.3 Å². The Labute approximate surface area is 121 Å². The molecular weight excluding hydrogens is 276 g/mol. The number of furan rings is 1. The first kappa shape index (κ1) is 16.4. The molecule has 7 nitrogen and oxygen atoms in total. The van der Waals surface area contributed by atoms with Crippen molar-refractivity contribution in [3.05, 3.63) is 53.7 Å². The smallest absolute Gasteiger partial charge is 0.414 e. The molecular formula is C14H16N2O5. The van der Waals surface area contributed by atoms with Crippen LogP contribution in [0.3, 0.4) is 0 Å². The van der Waals surface area contributed by atoms with Gasteiger partial charge in [0, 0.05) is 12.7 Å². The van der Waals surface area contributed by atoms with Crippen molar-refractivity contribution in [2.45, 2.75) is 20.0 Å². The Kier molecular flexibility index (Phi) is 6.62. The summed E-state index contributed by atoms with van der Waals surface area (Å²) in [6.45, 7) is 3.45. The van der Waals surface area contributed by atoms with E-state index >= 15 is 0 Å². The first-order valence-corrected chi connectivity index (χ1v) is 6.11. The standard InChI is InChI=1S/C12H14N2O.C2H2O4/c1-10-5-6-12(15-10)9-13-8-11-4-2-3-7-14-11;3-1(4)2(5)6/h2-7,13H,8-9H2,1H3;(H,3,4)(H,5,6). The number of nitrogens with zero attached hydrogens (tertiary/aromatic N) is 1. The minimum Gasteiger partial charge on any atom is -0.473 e. The van der Waals surface area contributed by atoms with Crippen LogP contribution in [0.4, 0.5) is 0 Å². The maximum absolute atomic E-state index is 9.10. The highest BCUT2D eigenvalue weighted by atomic mass is 16.4. The van der Waals surface area contributed by atoms with Crippen molar-refractivity contribution in [2.75, 3.05) is 0 Å². The lowest BCUT2D eigenvalue weighted by molar-refractivity contribution is -0.159. The van der Waals surface area contributed by atoms with E-state index in [2.05, 4.69) is 10.3 Å². The van der Waals surface area contributed by atoms with Gasteiger partial charge >= 0.3 is 11.9 Å². The van der Waals surface area contributed by atoms with Crippen LogP contribution in [-0.4, -0.2) is 27.1 Å². The first-order chi connectivity index (χ1) is 9.99. The van der Waals surface area contributed by atoms with Crippen molar-refractivity contribution in [2.24, 2.45) is 0 Å². The Balaban J connectivity index is 0.000000315. The van der Waals surface area contributed by atoms with E-state index in [0.717, 1.165) is 30.3 Å². The molecule has 0 aliphatic rings. The molecule has 0 atom stereocenters. The molecule has 2 aromatic heterocycles. The number of hydrogen-bond donors (Lipinski definition) is 3. The average Bonchev–Trinajstić information content (AvgIpc) is 2.86. The average molecular weight is 292 g/mol. The lowest BCUT2D eigenvalue weighted by atomic mass is 10.3. The number of aryl methyl sites for hydroxylation is 1. The van der Waals surface area contributed by atoms with Gasteiger partial charge in [0.2, 0.25) is 0 Å². The van der Waals surface area contributed by atoms with Crippen molar-refractivity contribution in [1.82, 2.24) is 10.3 Å². The van der Waals surface area contributed by atoms with Gasteiger partial charge < -0.3 is 19.9 Å². The molecule has 0 saturated heterocycles. The molecule has 0 aliphatic carbocycles. The van der Waals surface area contributed by atoms with Crippen LogP contribution in [0, 0.1) is 6.92 Å². The number of carbonyl (C=O) groups is 2.